The van der Waals surface area contributed by atoms with Gasteiger partial charge in [-0.1, -0.05) is 0 Å². The Labute approximate surface area is 69.4 Å². The predicted octanol–water partition coefficient (Wildman–Crippen LogP) is -1.59. The minimum absolute atomic E-state index is 0.0991. The number of aromatic nitrogens is 3. The number of rotatable bonds is 3. The lowest BCUT2D eigenvalue weighted by Crippen LogP contribution is -2.16. The van der Waals surface area contributed by atoms with Gasteiger partial charge in [-0.25, -0.2) is 0 Å². The molecule has 0 unspecified atom stereocenters. The van der Waals surface area contributed by atoms with Crippen molar-refractivity contribution in [2.24, 2.45) is 5.73 Å². The molecule has 7 heteroatoms. The summed E-state index contributed by atoms with van der Waals surface area (Å²) in [6.07, 6.45) is 0. The normalized spacial score (nSPS) is 9.75. The van der Waals surface area contributed by atoms with Crippen LogP contribution in [0.3, 0.4) is 0 Å². The average Bonchev–Trinajstić information content (AvgIpc) is 1.99. The molecular formula is C5H11N7. The summed E-state index contributed by atoms with van der Waals surface area (Å²) in [6, 6.07) is 0. The van der Waals surface area contributed by atoms with Crippen LogP contribution in [0.4, 0.5) is 17.8 Å². The lowest BCUT2D eigenvalue weighted by Gasteiger charge is -2.02. The van der Waals surface area contributed by atoms with Crippen LogP contribution in [0.25, 0.3) is 0 Å². The van der Waals surface area contributed by atoms with Crippen LogP contribution in [0.5, 0.6) is 0 Å². The standard InChI is InChI=1S/C5H11N7/c6-1-2-9-5-11-3(7)10-4(8)12-5/h1-2,6H2,(H5,7,8,9,10,11,12). The summed E-state index contributed by atoms with van der Waals surface area (Å²) < 4.78 is 0. The van der Waals surface area contributed by atoms with E-state index in [0.717, 1.165) is 0 Å². The van der Waals surface area contributed by atoms with Crippen LogP contribution in [0, 0.1) is 0 Å². The Bertz CT molecular complexity index is 240. The highest BCUT2D eigenvalue weighted by molar-refractivity contribution is 5.36. The maximum absolute atomic E-state index is 5.32. The van der Waals surface area contributed by atoms with Gasteiger partial charge in [0.05, 0.1) is 0 Å². The van der Waals surface area contributed by atoms with Crippen molar-refractivity contribution in [3.63, 3.8) is 0 Å². The molecule has 0 aliphatic carbocycles. The fourth-order valence-electron chi connectivity index (χ4n) is 0.672. The Morgan fingerprint density at radius 3 is 2.17 bits per heavy atom. The summed E-state index contributed by atoms with van der Waals surface area (Å²) in [4.78, 5) is 11.2. The van der Waals surface area contributed by atoms with Gasteiger partial charge in [-0.05, 0) is 0 Å². The Kier molecular flexibility index (Phi) is 2.59. The second kappa shape index (κ2) is 3.67. The van der Waals surface area contributed by atoms with Gasteiger partial charge in [0.2, 0.25) is 17.8 Å². The van der Waals surface area contributed by atoms with Crippen LogP contribution in [0.2, 0.25) is 0 Å². The summed E-state index contributed by atoms with van der Waals surface area (Å²) in [7, 11) is 0. The lowest BCUT2D eigenvalue weighted by atomic mass is 10.6. The fraction of sp³-hybridized carbons (Fsp3) is 0.400. The molecule has 0 spiro atoms. The Morgan fingerprint density at radius 2 is 1.67 bits per heavy atom. The van der Waals surface area contributed by atoms with Crippen LogP contribution >= 0.6 is 0 Å². The summed E-state index contributed by atoms with van der Waals surface area (Å²) in [5.41, 5.74) is 15.9. The maximum atomic E-state index is 5.32. The quantitative estimate of drug-likeness (QED) is 0.429. The van der Waals surface area contributed by atoms with Gasteiger partial charge in [0, 0.05) is 13.1 Å². The average molecular weight is 169 g/mol. The molecule has 0 fully saturated rings. The number of nitrogens with one attached hydrogen (secondary N) is 1. The van der Waals surface area contributed by atoms with Crippen molar-refractivity contribution in [3.8, 4) is 0 Å². The summed E-state index contributed by atoms with van der Waals surface area (Å²) in [5, 5.41) is 2.83. The molecule has 7 N–H and O–H groups in total. The van der Waals surface area contributed by atoms with E-state index in [9.17, 15) is 0 Å². The molecule has 66 valence electrons. The third-order valence-electron chi connectivity index (χ3n) is 1.10. The first kappa shape index (κ1) is 8.47. The molecule has 0 aliphatic heterocycles. The number of anilines is 3. The SMILES string of the molecule is NCCNc1nc(N)nc(N)n1. The Balaban J connectivity index is 2.72. The zero-order chi connectivity index (χ0) is 8.97. The minimum Gasteiger partial charge on any atom is -0.368 e. The van der Waals surface area contributed by atoms with Crippen LogP contribution in [0.1, 0.15) is 0 Å². The third kappa shape index (κ3) is 2.20. The Morgan fingerprint density at radius 1 is 1.08 bits per heavy atom. The first-order chi connectivity index (χ1) is 5.72. The lowest BCUT2D eigenvalue weighted by molar-refractivity contribution is 0.977. The van der Waals surface area contributed by atoms with Gasteiger partial charge in [-0.2, -0.15) is 15.0 Å². The van der Waals surface area contributed by atoms with E-state index in [-0.39, 0.29) is 11.9 Å². The molecule has 12 heavy (non-hydrogen) atoms. The second-order valence-corrected chi connectivity index (χ2v) is 2.09. The van der Waals surface area contributed by atoms with Crippen molar-refractivity contribution in [2.75, 3.05) is 29.9 Å². The Hall–Kier alpha value is -1.63. The molecule has 0 aliphatic rings. The van der Waals surface area contributed by atoms with Gasteiger partial charge in [0.1, 0.15) is 0 Å². The van der Waals surface area contributed by atoms with Gasteiger partial charge in [-0.3, -0.25) is 0 Å². The third-order valence-corrected chi connectivity index (χ3v) is 1.10. The van der Waals surface area contributed by atoms with E-state index in [1.807, 2.05) is 0 Å². The zero-order valence-electron chi connectivity index (χ0n) is 6.49. The molecule has 0 saturated carbocycles. The number of hydrogen-bond acceptors (Lipinski definition) is 7. The predicted molar refractivity (Wildman–Crippen MR) is 46.2 cm³/mol. The number of nitrogens with zero attached hydrogens (tertiary/aromatic N) is 3. The van der Waals surface area contributed by atoms with E-state index in [1.165, 1.54) is 0 Å². The molecule has 1 aromatic rings. The molecule has 0 saturated heterocycles. The van der Waals surface area contributed by atoms with E-state index < -0.39 is 0 Å². The van der Waals surface area contributed by atoms with Gasteiger partial charge in [-0.15, -0.1) is 0 Å². The van der Waals surface area contributed by atoms with Gasteiger partial charge in [0.25, 0.3) is 0 Å². The van der Waals surface area contributed by atoms with Crippen molar-refractivity contribution in [3.05, 3.63) is 0 Å². The van der Waals surface area contributed by atoms with Gasteiger partial charge in [0.15, 0.2) is 0 Å². The van der Waals surface area contributed by atoms with Crippen LogP contribution in [-0.2, 0) is 0 Å². The van der Waals surface area contributed by atoms with Crippen molar-refractivity contribution in [1.82, 2.24) is 15.0 Å². The topological polar surface area (TPSA) is 129 Å². The van der Waals surface area contributed by atoms with E-state index in [2.05, 4.69) is 20.3 Å². The van der Waals surface area contributed by atoms with E-state index in [0.29, 0.717) is 19.0 Å². The van der Waals surface area contributed by atoms with E-state index >= 15 is 0 Å². The van der Waals surface area contributed by atoms with Crippen LogP contribution < -0.4 is 22.5 Å². The van der Waals surface area contributed by atoms with E-state index in [4.69, 9.17) is 17.2 Å². The number of nitrogen functional groups attached to an aromatic ring is 2. The summed E-state index contributed by atoms with van der Waals surface area (Å²) in [5.74, 6) is 0.550. The molecular weight excluding hydrogens is 158 g/mol. The van der Waals surface area contributed by atoms with Crippen molar-refractivity contribution < 1.29 is 0 Å². The number of hydrogen-bond donors (Lipinski definition) is 4. The highest BCUT2D eigenvalue weighted by Gasteiger charge is 1.98. The van der Waals surface area contributed by atoms with Gasteiger partial charge < -0.3 is 22.5 Å². The van der Waals surface area contributed by atoms with Crippen molar-refractivity contribution in [1.29, 1.82) is 0 Å². The minimum atomic E-state index is 0.0991. The number of nitrogens with two attached hydrogens (primary N) is 3. The monoisotopic (exact) mass is 169 g/mol. The van der Waals surface area contributed by atoms with Gasteiger partial charge >= 0.3 is 0 Å². The molecule has 0 radical (unpaired) electrons. The van der Waals surface area contributed by atoms with Crippen molar-refractivity contribution in [2.45, 2.75) is 0 Å². The molecule has 0 amide bonds. The molecule has 1 heterocycles. The van der Waals surface area contributed by atoms with Crippen LogP contribution in [0.15, 0.2) is 0 Å². The molecule has 1 rings (SSSR count). The maximum Gasteiger partial charge on any atom is 0.229 e. The van der Waals surface area contributed by atoms with E-state index in [1.54, 1.807) is 0 Å². The molecule has 0 atom stereocenters. The first-order valence-corrected chi connectivity index (χ1v) is 3.43. The molecule has 7 nitrogen and oxygen atoms in total. The van der Waals surface area contributed by atoms with Crippen molar-refractivity contribution >= 4 is 17.8 Å². The first-order valence-electron chi connectivity index (χ1n) is 3.43. The highest BCUT2D eigenvalue weighted by Crippen LogP contribution is 2.01. The summed E-state index contributed by atoms with van der Waals surface area (Å²) in [6.45, 7) is 1.06. The molecule has 0 bridgehead atoms. The highest BCUT2D eigenvalue weighted by atomic mass is 15.2. The smallest absolute Gasteiger partial charge is 0.229 e. The second-order valence-electron chi connectivity index (χ2n) is 2.09. The fourth-order valence-corrected chi connectivity index (χ4v) is 0.672. The zero-order valence-corrected chi connectivity index (χ0v) is 6.49. The molecule has 0 aromatic carbocycles. The summed E-state index contributed by atoms with van der Waals surface area (Å²) >= 11 is 0. The molecule has 1 aromatic heterocycles. The van der Waals surface area contributed by atoms with Crippen LogP contribution in [-0.4, -0.2) is 28.0 Å². The largest absolute Gasteiger partial charge is 0.368 e.